The Hall–Kier alpha value is -0.820. The molecule has 1 heteroatoms. The van der Waals surface area contributed by atoms with E-state index < -0.39 is 0 Å². The molecule has 1 aromatic rings. The first-order chi connectivity index (χ1) is 7.70. The van der Waals surface area contributed by atoms with E-state index in [4.69, 9.17) is 0 Å². The number of nitrogens with two attached hydrogens (primary N) is 1. The zero-order valence-corrected chi connectivity index (χ0v) is 12.3. The van der Waals surface area contributed by atoms with Gasteiger partial charge in [0, 0.05) is 12.0 Å². The number of rotatable bonds is 4. The van der Waals surface area contributed by atoms with Gasteiger partial charge >= 0.3 is 0 Å². The lowest BCUT2D eigenvalue weighted by molar-refractivity contribution is -0.737. The smallest absolute Gasteiger partial charge is 0.102 e. The number of hydrogen-bond donors (Lipinski definition) is 1. The molecule has 0 radical (unpaired) electrons. The molecule has 0 fully saturated rings. The highest BCUT2D eigenvalue weighted by atomic mass is 15.0. The summed E-state index contributed by atoms with van der Waals surface area (Å²) < 4.78 is 0. The predicted molar refractivity (Wildman–Crippen MR) is 75.0 cm³/mol. The second-order valence-corrected chi connectivity index (χ2v) is 7.06. The SMILES string of the molecule is Cc1ccccc1C[NH2+]C(C)(C)CC(C)(C)C. The van der Waals surface area contributed by atoms with Gasteiger partial charge in [-0.15, -0.1) is 0 Å². The van der Waals surface area contributed by atoms with Crippen LogP contribution in [0.25, 0.3) is 0 Å². The molecule has 0 heterocycles. The van der Waals surface area contributed by atoms with Gasteiger partial charge in [-0.2, -0.15) is 0 Å². The van der Waals surface area contributed by atoms with E-state index in [2.05, 4.69) is 71.1 Å². The third-order valence-corrected chi connectivity index (χ3v) is 3.12. The van der Waals surface area contributed by atoms with E-state index in [0.29, 0.717) is 11.0 Å². The highest BCUT2D eigenvalue weighted by Crippen LogP contribution is 2.24. The fourth-order valence-corrected chi connectivity index (χ4v) is 2.66. The van der Waals surface area contributed by atoms with Crippen molar-refractivity contribution in [3.8, 4) is 0 Å². The Bertz CT molecular complexity index is 358. The van der Waals surface area contributed by atoms with Gasteiger partial charge in [-0.3, -0.25) is 0 Å². The van der Waals surface area contributed by atoms with Crippen LogP contribution in [-0.2, 0) is 6.54 Å². The van der Waals surface area contributed by atoms with E-state index in [1.165, 1.54) is 17.5 Å². The van der Waals surface area contributed by atoms with Gasteiger partial charge in [0.05, 0.1) is 5.54 Å². The van der Waals surface area contributed by atoms with Gasteiger partial charge in [0.2, 0.25) is 0 Å². The molecule has 2 N–H and O–H groups in total. The average molecular weight is 234 g/mol. The molecule has 1 aromatic carbocycles. The fourth-order valence-electron chi connectivity index (χ4n) is 2.66. The molecule has 0 bridgehead atoms. The second-order valence-electron chi connectivity index (χ2n) is 7.06. The number of benzene rings is 1. The van der Waals surface area contributed by atoms with Crippen molar-refractivity contribution in [3.05, 3.63) is 35.4 Å². The van der Waals surface area contributed by atoms with E-state index in [0.717, 1.165) is 6.54 Å². The summed E-state index contributed by atoms with van der Waals surface area (Å²) in [4.78, 5) is 0. The van der Waals surface area contributed by atoms with Gasteiger partial charge in [0.15, 0.2) is 0 Å². The molecule has 0 saturated carbocycles. The van der Waals surface area contributed by atoms with Crippen molar-refractivity contribution in [2.45, 2.75) is 60.0 Å². The van der Waals surface area contributed by atoms with Gasteiger partial charge < -0.3 is 5.32 Å². The normalized spacial score (nSPS) is 12.8. The van der Waals surface area contributed by atoms with Crippen LogP contribution in [-0.4, -0.2) is 5.54 Å². The molecular weight excluding hydrogens is 206 g/mol. The summed E-state index contributed by atoms with van der Waals surface area (Å²) in [6.07, 6.45) is 1.23. The molecule has 0 aliphatic rings. The second kappa shape index (κ2) is 5.22. The van der Waals surface area contributed by atoms with Crippen molar-refractivity contribution >= 4 is 0 Å². The Morgan fingerprint density at radius 3 is 2.12 bits per heavy atom. The van der Waals surface area contributed by atoms with Crippen LogP contribution in [0.1, 0.15) is 52.2 Å². The molecule has 0 amide bonds. The first kappa shape index (κ1) is 14.2. The molecule has 17 heavy (non-hydrogen) atoms. The van der Waals surface area contributed by atoms with Crippen molar-refractivity contribution in [1.29, 1.82) is 0 Å². The maximum absolute atomic E-state index is 2.47. The van der Waals surface area contributed by atoms with E-state index in [1.807, 2.05) is 0 Å². The molecule has 0 aliphatic carbocycles. The van der Waals surface area contributed by atoms with Crippen LogP contribution in [0, 0.1) is 12.3 Å². The highest BCUT2D eigenvalue weighted by molar-refractivity contribution is 5.24. The Morgan fingerprint density at radius 2 is 1.59 bits per heavy atom. The summed E-state index contributed by atoms with van der Waals surface area (Å²) >= 11 is 0. The minimum atomic E-state index is 0.306. The Balaban J connectivity index is 2.59. The van der Waals surface area contributed by atoms with Crippen LogP contribution in [0.5, 0.6) is 0 Å². The molecule has 0 aromatic heterocycles. The molecular formula is C16H28N+. The lowest BCUT2D eigenvalue weighted by atomic mass is 9.81. The number of quaternary nitrogens is 1. The van der Waals surface area contributed by atoms with E-state index in [9.17, 15) is 0 Å². The van der Waals surface area contributed by atoms with Crippen LogP contribution in [0.15, 0.2) is 24.3 Å². The summed E-state index contributed by atoms with van der Waals surface area (Å²) in [5.74, 6) is 0. The monoisotopic (exact) mass is 234 g/mol. The lowest BCUT2D eigenvalue weighted by Gasteiger charge is -2.30. The standard InChI is InChI=1S/C16H27N/c1-13-9-7-8-10-14(13)11-17-16(5,6)12-15(2,3)4/h7-10,17H,11-12H2,1-6H3/p+1. The van der Waals surface area contributed by atoms with Crippen molar-refractivity contribution in [1.82, 2.24) is 0 Å². The maximum atomic E-state index is 2.47. The molecule has 0 spiro atoms. The zero-order valence-electron chi connectivity index (χ0n) is 12.3. The van der Waals surface area contributed by atoms with Crippen LogP contribution in [0.3, 0.4) is 0 Å². The Kier molecular flexibility index (Phi) is 4.37. The van der Waals surface area contributed by atoms with Crippen molar-refractivity contribution in [2.24, 2.45) is 5.41 Å². The molecule has 96 valence electrons. The van der Waals surface area contributed by atoms with E-state index in [-0.39, 0.29) is 0 Å². The van der Waals surface area contributed by atoms with Gasteiger partial charge in [-0.25, -0.2) is 0 Å². The van der Waals surface area contributed by atoms with Crippen LogP contribution in [0.4, 0.5) is 0 Å². The summed E-state index contributed by atoms with van der Waals surface area (Å²) in [7, 11) is 0. The molecule has 0 saturated heterocycles. The number of hydrogen-bond acceptors (Lipinski definition) is 0. The topological polar surface area (TPSA) is 16.6 Å². The van der Waals surface area contributed by atoms with Crippen molar-refractivity contribution in [3.63, 3.8) is 0 Å². The minimum Gasteiger partial charge on any atom is -0.338 e. The molecule has 0 unspecified atom stereocenters. The molecule has 1 nitrogen and oxygen atoms in total. The maximum Gasteiger partial charge on any atom is 0.102 e. The van der Waals surface area contributed by atoms with Gasteiger partial charge in [-0.1, -0.05) is 45.0 Å². The van der Waals surface area contributed by atoms with Crippen LogP contribution < -0.4 is 5.32 Å². The minimum absolute atomic E-state index is 0.306. The van der Waals surface area contributed by atoms with Crippen molar-refractivity contribution < 1.29 is 5.32 Å². The Labute approximate surface area is 107 Å². The van der Waals surface area contributed by atoms with Gasteiger partial charge in [0.25, 0.3) is 0 Å². The summed E-state index contributed by atoms with van der Waals surface area (Å²) in [5.41, 5.74) is 3.55. The van der Waals surface area contributed by atoms with Gasteiger partial charge in [-0.05, 0) is 31.7 Å². The van der Waals surface area contributed by atoms with E-state index in [1.54, 1.807) is 0 Å². The Morgan fingerprint density at radius 1 is 1.00 bits per heavy atom. The first-order valence-electron chi connectivity index (χ1n) is 6.58. The van der Waals surface area contributed by atoms with Gasteiger partial charge in [0.1, 0.15) is 6.54 Å². The largest absolute Gasteiger partial charge is 0.338 e. The molecule has 1 rings (SSSR count). The highest BCUT2D eigenvalue weighted by Gasteiger charge is 2.28. The summed E-state index contributed by atoms with van der Waals surface area (Å²) in [5, 5.41) is 2.47. The summed E-state index contributed by atoms with van der Waals surface area (Å²) in [6.45, 7) is 14.9. The zero-order chi connectivity index (χ0) is 13.1. The third-order valence-electron chi connectivity index (χ3n) is 3.12. The quantitative estimate of drug-likeness (QED) is 0.823. The predicted octanol–water partition coefficient (Wildman–Crippen LogP) is 3.27. The first-order valence-corrected chi connectivity index (χ1v) is 6.58. The van der Waals surface area contributed by atoms with Crippen molar-refractivity contribution in [2.75, 3.05) is 0 Å². The van der Waals surface area contributed by atoms with Crippen LogP contribution >= 0.6 is 0 Å². The molecule has 0 atom stereocenters. The van der Waals surface area contributed by atoms with Crippen LogP contribution in [0.2, 0.25) is 0 Å². The molecule has 0 aliphatic heterocycles. The summed E-state index contributed by atoms with van der Waals surface area (Å²) in [6, 6.07) is 8.67. The fraction of sp³-hybridized carbons (Fsp3) is 0.625. The lowest BCUT2D eigenvalue weighted by Crippen LogP contribution is -2.94. The average Bonchev–Trinajstić information content (AvgIpc) is 2.13. The third kappa shape index (κ3) is 5.36. The van der Waals surface area contributed by atoms with E-state index >= 15 is 0 Å². The number of aryl methyl sites for hydroxylation is 1.